The van der Waals surface area contributed by atoms with E-state index in [4.69, 9.17) is 4.74 Å². The Balaban J connectivity index is 1.55. The van der Waals surface area contributed by atoms with Gasteiger partial charge in [0.25, 0.3) is 5.91 Å². The summed E-state index contributed by atoms with van der Waals surface area (Å²) in [6, 6.07) is 11.5. The molecule has 0 aliphatic carbocycles. The summed E-state index contributed by atoms with van der Waals surface area (Å²) in [7, 11) is 5.87. The lowest BCUT2D eigenvalue weighted by Crippen LogP contribution is -2.19. The Labute approximate surface area is 215 Å². The fraction of sp³-hybridized carbons (Fsp3) is 0.273. The van der Waals surface area contributed by atoms with E-state index in [0.29, 0.717) is 38.3 Å². The highest BCUT2D eigenvalue weighted by molar-refractivity contribution is 7.99. The molecule has 0 aliphatic heterocycles. The zero-order valence-corrected chi connectivity index (χ0v) is 22.1. The molecule has 0 atom stereocenters. The third kappa shape index (κ3) is 7.01. The van der Waals surface area contributed by atoms with Crippen LogP contribution >= 0.6 is 35.1 Å². The Morgan fingerprint density at radius 1 is 1.14 bits per heavy atom. The summed E-state index contributed by atoms with van der Waals surface area (Å²) < 4.78 is 11.7. The van der Waals surface area contributed by atoms with Crippen LogP contribution in [0.2, 0.25) is 0 Å². The van der Waals surface area contributed by atoms with Gasteiger partial charge in [-0.15, -0.1) is 10.2 Å². The number of hydrogen-bond donors (Lipinski definition) is 1. The van der Waals surface area contributed by atoms with Crippen molar-refractivity contribution in [2.75, 3.05) is 32.6 Å². The van der Waals surface area contributed by atoms with Crippen LogP contribution < -0.4 is 10.1 Å². The molecule has 1 N–H and O–H groups in total. The molecule has 3 aromatic heterocycles. The summed E-state index contributed by atoms with van der Waals surface area (Å²) in [5.74, 6) is 1.05. The van der Waals surface area contributed by atoms with Crippen LogP contribution in [0.1, 0.15) is 16.3 Å². The summed E-state index contributed by atoms with van der Waals surface area (Å²) in [5.41, 5.74) is 0.293. The van der Waals surface area contributed by atoms with Gasteiger partial charge in [-0.2, -0.15) is 4.37 Å². The Bertz CT molecular complexity index is 1290. The maximum atomic E-state index is 13.2. The highest BCUT2D eigenvalue weighted by Gasteiger charge is 2.19. The first-order valence-corrected chi connectivity index (χ1v) is 13.0. The van der Waals surface area contributed by atoms with Crippen LogP contribution in [0.25, 0.3) is 0 Å². The summed E-state index contributed by atoms with van der Waals surface area (Å²) in [4.78, 5) is 25.8. The second kappa shape index (κ2) is 11.6. The van der Waals surface area contributed by atoms with Crippen molar-refractivity contribution in [3.8, 4) is 5.75 Å². The Morgan fingerprint density at radius 3 is 2.60 bits per heavy atom. The van der Waals surface area contributed by atoms with Gasteiger partial charge in [0.1, 0.15) is 35.2 Å². The largest absolute Gasteiger partial charge is 0.492 e. The Kier molecular flexibility index (Phi) is 8.33. The quantitative estimate of drug-likeness (QED) is 0.326. The molecule has 35 heavy (non-hydrogen) atoms. The Hall–Kier alpha value is -3.00. The van der Waals surface area contributed by atoms with Gasteiger partial charge in [0.05, 0.1) is 0 Å². The number of ether oxygens (including phenoxy) is 1. The first kappa shape index (κ1) is 25.1. The molecule has 0 bridgehead atoms. The van der Waals surface area contributed by atoms with Gasteiger partial charge in [0, 0.05) is 34.9 Å². The van der Waals surface area contributed by atoms with Gasteiger partial charge in [0.2, 0.25) is 5.13 Å². The molecule has 0 saturated carbocycles. The molecule has 1 aromatic carbocycles. The number of carbonyl (C=O) groups excluding carboxylic acids is 1. The lowest BCUT2D eigenvalue weighted by atomic mass is 10.3. The number of anilines is 1. The zero-order valence-electron chi connectivity index (χ0n) is 19.6. The smallest absolute Gasteiger partial charge is 0.277 e. The molecule has 0 unspecified atom stereocenters. The lowest BCUT2D eigenvalue weighted by Gasteiger charge is -2.12. The van der Waals surface area contributed by atoms with Gasteiger partial charge >= 0.3 is 0 Å². The number of amides is 1. The van der Waals surface area contributed by atoms with Crippen molar-refractivity contribution in [2.24, 2.45) is 7.05 Å². The second-order valence-electron chi connectivity index (χ2n) is 7.65. The van der Waals surface area contributed by atoms with Crippen LogP contribution in [-0.4, -0.2) is 67.2 Å². The number of carbonyl (C=O) groups is 1. The van der Waals surface area contributed by atoms with Crippen molar-refractivity contribution in [3.63, 3.8) is 0 Å². The molecular weight excluding hydrogens is 504 g/mol. The van der Waals surface area contributed by atoms with Gasteiger partial charge in [0.15, 0.2) is 5.16 Å². The average molecular weight is 529 g/mol. The van der Waals surface area contributed by atoms with Crippen molar-refractivity contribution in [3.05, 3.63) is 54.2 Å². The van der Waals surface area contributed by atoms with E-state index in [2.05, 4.69) is 34.8 Å². The average Bonchev–Trinajstić information content (AvgIpc) is 3.43. The molecule has 0 radical (unpaired) electrons. The van der Waals surface area contributed by atoms with Crippen LogP contribution in [0.15, 0.2) is 62.7 Å². The maximum Gasteiger partial charge on any atom is 0.277 e. The fourth-order valence-corrected chi connectivity index (χ4v) is 4.98. The molecule has 13 heteroatoms. The fourth-order valence-electron chi connectivity index (χ4n) is 2.77. The predicted molar refractivity (Wildman–Crippen MR) is 137 cm³/mol. The monoisotopic (exact) mass is 528 g/mol. The van der Waals surface area contributed by atoms with Gasteiger partial charge in [-0.3, -0.25) is 10.1 Å². The van der Waals surface area contributed by atoms with Crippen molar-refractivity contribution >= 4 is 46.1 Å². The number of nitrogens with zero attached hydrogens (tertiary/aromatic N) is 7. The van der Waals surface area contributed by atoms with Gasteiger partial charge in [-0.05, 0) is 69.2 Å². The first-order chi connectivity index (χ1) is 16.9. The zero-order chi connectivity index (χ0) is 24.8. The minimum absolute atomic E-state index is 0.293. The third-order valence-corrected chi connectivity index (χ3v) is 7.29. The number of aryl methyl sites for hydroxylation is 2. The molecule has 0 spiro atoms. The SMILES string of the molecule is Cc1nsc(NC(=O)c2nc(Sc3nncn3C)ccc2Sc2ccc(OCCN(C)C)cc2)n1. The summed E-state index contributed by atoms with van der Waals surface area (Å²) in [6.07, 6.45) is 1.62. The number of rotatable bonds is 10. The van der Waals surface area contributed by atoms with E-state index in [1.807, 2.05) is 57.5 Å². The van der Waals surface area contributed by atoms with Crippen LogP contribution in [0.3, 0.4) is 0 Å². The molecule has 182 valence electrons. The summed E-state index contributed by atoms with van der Waals surface area (Å²) in [5, 5.41) is 12.5. The maximum absolute atomic E-state index is 13.2. The van der Waals surface area contributed by atoms with Crippen molar-refractivity contribution in [1.82, 2.24) is 34.0 Å². The van der Waals surface area contributed by atoms with E-state index >= 15 is 0 Å². The molecule has 1 amide bonds. The lowest BCUT2D eigenvalue weighted by molar-refractivity contribution is 0.101. The second-order valence-corrected chi connectivity index (χ2v) is 10.5. The van der Waals surface area contributed by atoms with E-state index in [9.17, 15) is 4.79 Å². The van der Waals surface area contributed by atoms with E-state index in [1.54, 1.807) is 17.8 Å². The molecule has 0 aliphatic rings. The minimum atomic E-state index is -0.354. The van der Waals surface area contributed by atoms with Crippen molar-refractivity contribution in [2.45, 2.75) is 26.9 Å². The van der Waals surface area contributed by atoms with E-state index < -0.39 is 0 Å². The molecule has 0 fully saturated rings. The topological polar surface area (TPSA) is 111 Å². The van der Waals surface area contributed by atoms with Crippen molar-refractivity contribution in [1.29, 1.82) is 0 Å². The molecule has 4 rings (SSSR count). The third-order valence-electron chi connectivity index (χ3n) is 4.52. The number of aromatic nitrogens is 6. The van der Waals surface area contributed by atoms with Crippen LogP contribution in [0.4, 0.5) is 5.13 Å². The number of hydrogen-bond acceptors (Lipinski definition) is 11. The van der Waals surface area contributed by atoms with Crippen LogP contribution in [0, 0.1) is 6.92 Å². The first-order valence-electron chi connectivity index (χ1n) is 10.6. The van der Waals surface area contributed by atoms with Crippen LogP contribution in [-0.2, 0) is 7.05 Å². The highest BCUT2D eigenvalue weighted by Crippen LogP contribution is 2.34. The number of nitrogens with one attached hydrogen (secondary N) is 1. The summed E-state index contributed by atoms with van der Waals surface area (Å²) in [6.45, 7) is 3.23. The van der Waals surface area contributed by atoms with Gasteiger partial charge < -0.3 is 14.2 Å². The number of likely N-dealkylation sites (N-methyl/N-ethyl adjacent to an activating group) is 1. The minimum Gasteiger partial charge on any atom is -0.492 e. The normalized spacial score (nSPS) is 11.1. The molecule has 0 saturated heterocycles. The molecular formula is C22H24N8O2S3. The number of pyridine rings is 1. The standard InChI is InChI=1S/C22H24N8O2S3/c1-14-24-21(35-28-14)26-20(31)19-17(9-10-18(25-19)34-22-27-23-13-30(22)4)33-16-7-5-15(6-8-16)32-12-11-29(2)3/h5-10,13H,11-12H2,1-4H3,(H,24,26,28,31). The molecule has 10 nitrogen and oxygen atoms in total. The van der Waals surface area contributed by atoms with Gasteiger partial charge in [-0.25, -0.2) is 9.97 Å². The Morgan fingerprint density at radius 2 is 1.94 bits per heavy atom. The van der Waals surface area contributed by atoms with Gasteiger partial charge in [-0.1, -0.05) is 11.8 Å². The molecule has 3 heterocycles. The van der Waals surface area contributed by atoms with E-state index in [1.165, 1.54) is 23.5 Å². The highest BCUT2D eigenvalue weighted by atomic mass is 32.2. The van der Waals surface area contributed by atoms with Crippen molar-refractivity contribution < 1.29 is 9.53 Å². The molecule has 4 aromatic rings. The van der Waals surface area contributed by atoms with Crippen LogP contribution in [0.5, 0.6) is 5.75 Å². The predicted octanol–water partition coefficient (Wildman–Crippen LogP) is 3.87. The van der Waals surface area contributed by atoms with E-state index in [0.717, 1.165) is 28.7 Å². The van der Waals surface area contributed by atoms with E-state index in [-0.39, 0.29) is 5.91 Å². The summed E-state index contributed by atoms with van der Waals surface area (Å²) >= 11 is 3.92. The number of benzene rings is 1.